The lowest BCUT2D eigenvalue weighted by Crippen LogP contribution is -2.53. The molecule has 1 aliphatic rings. The van der Waals surface area contributed by atoms with Crippen molar-refractivity contribution in [1.82, 2.24) is 4.90 Å². The van der Waals surface area contributed by atoms with Gasteiger partial charge in [0.05, 0.1) is 0 Å². The molecule has 1 aliphatic carbocycles. The van der Waals surface area contributed by atoms with Crippen molar-refractivity contribution in [2.45, 2.75) is 66.0 Å². The van der Waals surface area contributed by atoms with E-state index in [1.54, 1.807) is 0 Å². The Balaban J connectivity index is 2.87. The van der Waals surface area contributed by atoms with Crippen LogP contribution >= 0.6 is 0 Å². The highest BCUT2D eigenvalue weighted by atomic mass is 16.2. The van der Waals surface area contributed by atoms with Gasteiger partial charge < -0.3 is 4.90 Å². The second-order valence-electron chi connectivity index (χ2n) is 5.90. The molecular formula is C13H25NO. The van der Waals surface area contributed by atoms with Crippen LogP contribution in [0.1, 0.15) is 54.4 Å². The lowest BCUT2D eigenvalue weighted by atomic mass is 9.87. The Kier molecular flexibility index (Phi) is 3.47. The summed E-state index contributed by atoms with van der Waals surface area (Å²) < 4.78 is 0. The van der Waals surface area contributed by atoms with Gasteiger partial charge in [-0.15, -0.1) is 0 Å². The van der Waals surface area contributed by atoms with Crippen LogP contribution in [0.2, 0.25) is 0 Å². The summed E-state index contributed by atoms with van der Waals surface area (Å²) in [4.78, 5) is 14.3. The molecule has 1 saturated carbocycles. The molecule has 15 heavy (non-hydrogen) atoms. The molecular weight excluding hydrogens is 186 g/mol. The van der Waals surface area contributed by atoms with E-state index in [1.165, 1.54) is 12.8 Å². The smallest absolute Gasteiger partial charge is 0.225 e. The fourth-order valence-electron chi connectivity index (χ4n) is 1.82. The molecule has 2 heteroatoms. The van der Waals surface area contributed by atoms with Crippen molar-refractivity contribution in [1.29, 1.82) is 0 Å². The minimum Gasteiger partial charge on any atom is -0.334 e. The molecule has 88 valence electrons. The number of carbonyl (C=O) groups is 1. The predicted molar refractivity (Wildman–Crippen MR) is 63.6 cm³/mol. The standard InChI is InChI=1S/C13H25NO/c1-9(2)12(15)14(11-7-8-11)13(5,6)10(3)4/h9-11H,7-8H2,1-6H3. The third-order valence-corrected chi connectivity index (χ3v) is 3.68. The van der Waals surface area contributed by atoms with Gasteiger partial charge in [0.1, 0.15) is 0 Å². The Morgan fingerprint density at radius 1 is 1.20 bits per heavy atom. The maximum Gasteiger partial charge on any atom is 0.225 e. The molecule has 0 unspecified atom stereocenters. The molecule has 0 saturated heterocycles. The summed E-state index contributed by atoms with van der Waals surface area (Å²) in [5.74, 6) is 0.931. The molecule has 2 nitrogen and oxygen atoms in total. The average Bonchev–Trinajstić information content (AvgIpc) is 2.87. The van der Waals surface area contributed by atoms with E-state index >= 15 is 0 Å². The van der Waals surface area contributed by atoms with E-state index in [0.29, 0.717) is 17.9 Å². The van der Waals surface area contributed by atoms with Gasteiger partial charge >= 0.3 is 0 Å². The zero-order valence-electron chi connectivity index (χ0n) is 11.0. The molecule has 0 bridgehead atoms. The van der Waals surface area contributed by atoms with Crippen LogP contribution < -0.4 is 0 Å². The quantitative estimate of drug-likeness (QED) is 0.700. The molecule has 0 aromatic heterocycles. The van der Waals surface area contributed by atoms with Crippen LogP contribution in [-0.4, -0.2) is 22.4 Å². The van der Waals surface area contributed by atoms with Crippen LogP contribution in [0.15, 0.2) is 0 Å². The summed E-state index contributed by atoms with van der Waals surface area (Å²) in [6.07, 6.45) is 2.38. The number of hydrogen-bond donors (Lipinski definition) is 0. The first-order chi connectivity index (χ1) is 6.78. The van der Waals surface area contributed by atoms with Crippen LogP contribution in [0, 0.1) is 11.8 Å². The van der Waals surface area contributed by atoms with E-state index in [1.807, 2.05) is 13.8 Å². The number of rotatable bonds is 4. The van der Waals surface area contributed by atoms with Gasteiger partial charge in [0.25, 0.3) is 0 Å². The van der Waals surface area contributed by atoms with Gasteiger partial charge in [-0.1, -0.05) is 27.7 Å². The normalized spacial score (nSPS) is 17.3. The van der Waals surface area contributed by atoms with Crippen molar-refractivity contribution >= 4 is 5.91 Å². The van der Waals surface area contributed by atoms with E-state index < -0.39 is 0 Å². The van der Waals surface area contributed by atoms with Gasteiger partial charge in [-0.3, -0.25) is 4.79 Å². The molecule has 0 atom stereocenters. The van der Waals surface area contributed by atoms with E-state index in [0.717, 1.165) is 0 Å². The largest absolute Gasteiger partial charge is 0.334 e. The Morgan fingerprint density at radius 2 is 1.67 bits per heavy atom. The van der Waals surface area contributed by atoms with Crippen molar-refractivity contribution in [3.8, 4) is 0 Å². The monoisotopic (exact) mass is 211 g/mol. The van der Waals surface area contributed by atoms with E-state index in [2.05, 4.69) is 32.6 Å². The number of nitrogens with zero attached hydrogens (tertiary/aromatic N) is 1. The summed E-state index contributed by atoms with van der Waals surface area (Å²) in [6, 6.07) is 0.511. The molecule has 1 rings (SSSR count). The van der Waals surface area contributed by atoms with Crippen molar-refractivity contribution < 1.29 is 4.79 Å². The Labute approximate surface area is 94.0 Å². The zero-order valence-corrected chi connectivity index (χ0v) is 11.0. The average molecular weight is 211 g/mol. The second-order valence-corrected chi connectivity index (χ2v) is 5.90. The molecule has 0 N–H and O–H groups in total. The first-order valence-electron chi connectivity index (χ1n) is 6.11. The SMILES string of the molecule is CC(C)C(=O)N(C1CC1)C(C)(C)C(C)C. The van der Waals surface area contributed by atoms with Gasteiger partial charge in [0.2, 0.25) is 5.91 Å². The van der Waals surface area contributed by atoms with Crippen LogP contribution in [0.3, 0.4) is 0 Å². The van der Waals surface area contributed by atoms with Crippen molar-refractivity contribution in [2.24, 2.45) is 11.8 Å². The van der Waals surface area contributed by atoms with Crippen LogP contribution in [-0.2, 0) is 4.79 Å². The molecule has 0 radical (unpaired) electrons. The predicted octanol–water partition coefficient (Wildman–Crippen LogP) is 3.07. The second kappa shape index (κ2) is 4.15. The molecule has 0 heterocycles. The summed E-state index contributed by atoms with van der Waals surface area (Å²) in [5, 5.41) is 0. The maximum absolute atomic E-state index is 12.2. The number of hydrogen-bond acceptors (Lipinski definition) is 1. The van der Waals surface area contributed by atoms with Crippen LogP contribution in [0.25, 0.3) is 0 Å². The van der Waals surface area contributed by atoms with Crippen molar-refractivity contribution in [3.05, 3.63) is 0 Å². The highest BCUT2D eigenvalue weighted by Gasteiger charge is 2.43. The zero-order chi connectivity index (χ0) is 11.8. The van der Waals surface area contributed by atoms with E-state index in [9.17, 15) is 4.79 Å². The van der Waals surface area contributed by atoms with Gasteiger partial charge in [0, 0.05) is 17.5 Å². The van der Waals surface area contributed by atoms with Gasteiger partial charge in [0.15, 0.2) is 0 Å². The Bertz CT molecular complexity index is 239. The summed E-state index contributed by atoms with van der Waals surface area (Å²) >= 11 is 0. The third kappa shape index (κ3) is 2.53. The lowest BCUT2D eigenvalue weighted by molar-refractivity contribution is -0.142. The minimum atomic E-state index is -0.0114. The fourth-order valence-corrected chi connectivity index (χ4v) is 1.82. The first-order valence-corrected chi connectivity index (χ1v) is 6.11. The van der Waals surface area contributed by atoms with Crippen molar-refractivity contribution in [2.75, 3.05) is 0 Å². The van der Waals surface area contributed by atoms with E-state index in [4.69, 9.17) is 0 Å². The van der Waals surface area contributed by atoms with Gasteiger partial charge in [-0.25, -0.2) is 0 Å². The highest BCUT2D eigenvalue weighted by molar-refractivity contribution is 5.79. The fraction of sp³-hybridized carbons (Fsp3) is 0.923. The van der Waals surface area contributed by atoms with Crippen molar-refractivity contribution in [3.63, 3.8) is 0 Å². The molecule has 0 aliphatic heterocycles. The third-order valence-electron chi connectivity index (χ3n) is 3.68. The van der Waals surface area contributed by atoms with E-state index in [-0.39, 0.29) is 11.5 Å². The van der Waals surface area contributed by atoms with Crippen LogP contribution in [0.4, 0.5) is 0 Å². The Morgan fingerprint density at radius 3 is 1.93 bits per heavy atom. The maximum atomic E-state index is 12.2. The van der Waals surface area contributed by atoms with Gasteiger partial charge in [-0.05, 0) is 32.6 Å². The molecule has 0 aromatic rings. The number of carbonyl (C=O) groups excluding carboxylic acids is 1. The van der Waals surface area contributed by atoms with Crippen LogP contribution in [0.5, 0.6) is 0 Å². The topological polar surface area (TPSA) is 20.3 Å². The molecule has 0 aromatic carbocycles. The summed E-state index contributed by atoms with van der Waals surface area (Å²) in [7, 11) is 0. The first kappa shape index (κ1) is 12.5. The molecule has 1 fully saturated rings. The van der Waals surface area contributed by atoms with Gasteiger partial charge in [-0.2, -0.15) is 0 Å². The summed E-state index contributed by atoms with van der Waals surface area (Å²) in [5.41, 5.74) is -0.0114. The molecule has 0 spiro atoms. The Hall–Kier alpha value is -0.530. The lowest BCUT2D eigenvalue weighted by Gasteiger charge is -2.43. The highest BCUT2D eigenvalue weighted by Crippen LogP contribution is 2.37. The minimum absolute atomic E-state index is 0.0114. The summed E-state index contributed by atoms with van der Waals surface area (Å²) in [6.45, 7) is 12.8. The molecule has 1 amide bonds. The number of amides is 1.